The molecule has 1 atom stereocenters. The van der Waals surface area contributed by atoms with Crippen molar-refractivity contribution in [3.8, 4) is 0 Å². The van der Waals surface area contributed by atoms with Gasteiger partial charge in [0.25, 0.3) is 0 Å². The number of carbonyl (C=O) groups is 1. The Labute approximate surface area is 95.1 Å². The van der Waals surface area contributed by atoms with Crippen molar-refractivity contribution in [1.82, 2.24) is 5.01 Å². The fourth-order valence-corrected chi connectivity index (χ4v) is 1.94. The number of hydrogen-bond acceptors (Lipinski definition) is 3. The van der Waals surface area contributed by atoms with E-state index in [4.69, 9.17) is 0 Å². The summed E-state index contributed by atoms with van der Waals surface area (Å²) in [6.07, 6.45) is 0.0823. The monoisotopic (exact) mass is 220 g/mol. The van der Waals surface area contributed by atoms with E-state index in [9.17, 15) is 9.90 Å². The average molecular weight is 220 g/mol. The van der Waals surface area contributed by atoms with E-state index in [1.165, 1.54) is 0 Å². The molecule has 1 unspecified atom stereocenters. The van der Waals surface area contributed by atoms with E-state index in [2.05, 4.69) is 0 Å². The Morgan fingerprint density at radius 3 is 2.69 bits per heavy atom. The zero-order chi connectivity index (χ0) is 11.5. The number of benzene rings is 1. The summed E-state index contributed by atoms with van der Waals surface area (Å²) < 4.78 is 0. The predicted octanol–water partition coefficient (Wildman–Crippen LogP) is 1.02. The van der Waals surface area contributed by atoms with E-state index >= 15 is 0 Å². The highest BCUT2D eigenvalue weighted by molar-refractivity contribution is 5.94. The molecule has 1 heterocycles. The van der Waals surface area contributed by atoms with E-state index < -0.39 is 6.10 Å². The van der Waals surface area contributed by atoms with Crippen LogP contribution < -0.4 is 5.01 Å². The molecule has 0 aliphatic carbocycles. The summed E-state index contributed by atoms with van der Waals surface area (Å²) in [4.78, 5) is 11.8. The Bertz CT molecular complexity index is 365. The van der Waals surface area contributed by atoms with Crippen LogP contribution in [0.4, 0.5) is 5.69 Å². The molecule has 0 radical (unpaired) electrons. The predicted molar refractivity (Wildman–Crippen MR) is 61.8 cm³/mol. The SMILES string of the molecule is CC(O)CN1CCC(=O)N1c1ccccc1. The van der Waals surface area contributed by atoms with Crippen molar-refractivity contribution in [2.24, 2.45) is 0 Å². The molecule has 1 fully saturated rings. The molecule has 4 heteroatoms. The topological polar surface area (TPSA) is 43.8 Å². The summed E-state index contributed by atoms with van der Waals surface area (Å²) in [5.74, 6) is 0.0897. The van der Waals surface area contributed by atoms with Crippen LogP contribution in [-0.2, 0) is 4.79 Å². The molecule has 1 aromatic carbocycles. The van der Waals surface area contributed by atoms with Gasteiger partial charge in [-0.2, -0.15) is 0 Å². The van der Waals surface area contributed by atoms with Gasteiger partial charge in [-0.3, -0.25) is 4.79 Å². The summed E-state index contributed by atoms with van der Waals surface area (Å²) in [6.45, 7) is 2.89. The number of β-amino-alcohol motifs (C(OH)–C–C–N with tert-alkyl or cyclic N) is 1. The maximum Gasteiger partial charge on any atom is 0.242 e. The molecule has 2 rings (SSSR count). The molecular weight excluding hydrogens is 204 g/mol. The zero-order valence-electron chi connectivity index (χ0n) is 9.34. The van der Waals surface area contributed by atoms with Crippen LogP contribution in [0.5, 0.6) is 0 Å². The van der Waals surface area contributed by atoms with E-state index in [0.717, 1.165) is 5.69 Å². The van der Waals surface area contributed by atoms with Gasteiger partial charge < -0.3 is 5.11 Å². The number of hydrogen-bond donors (Lipinski definition) is 1. The molecule has 0 bridgehead atoms. The number of carbonyl (C=O) groups excluding carboxylic acids is 1. The molecule has 1 saturated heterocycles. The first-order chi connectivity index (χ1) is 7.68. The van der Waals surface area contributed by atoms with Gasteiger partial charge in [0, 0.05) is 19.5 Å². The molecule has 1 aromatic rings. The Kier molecular flexibility index (Phi) is 3.22. The van der Waals surface area contributed by atoms with Gasteiger partial charge in [-0.15, -0.1) is 0 Å². The summed E-state index contributed by atoms with van der Waals surface area (Å²) in [7, 11) is 0. The van der Waals surface area contributed by atoms with Crippen molar-refractivity contribution < 1.29 is 9.90 Å². The Morgan fingerprint density at radius 1 is 1.38 bits per heavy atom. The summed E-state index contributed by atoms with van der Waals surface area (Å²) >= 11 is 0. The maximum atomic E-state index is 11.8. The van der Waals surface area contributed by atoms with Crippen LogP contribution in [0.3, 0.4) is 0 Å². The number of anilines is 1. The lowest BCUT2D eigenvalue weighted by molar-refractivity contribution is -0.118. The van der Waals surface area contributed by atoms with E-state index in [-0.39, 0.29) is 5.91 Å². The van der Waals surface area contributed by atoms with Crippen LogP contribution in [0.2, 0.25) is 0 Å². The van der Waals surface area contributed by atoms with Crippen molar-refractivity contribution in [1.29, 1.82) is 0 Å². The van der Waals surface area contributed by atoms with Gasteiger partial charge in [0.15, 0.2) is 0 Å². The minimum atomic E-state index is -0.433. The molecule has 16 heavy (non-hydrogen) atoms. The first kappa shape index (κ1) is 11.1. The van der Waals surface area contributed by atoms with E-state index in [0.29, 0.717) is 19.5 Å². The summed E-state index contributed by atoms with van der Waals surface area (Å²) in [5, 5.41) is 12.9. The van der Waals surface area contributed by atoms with Gasteiger partial charge in [0.2, 0.25) is 5.91 Å². The second kappa shape index (κ2) is 4.63. The summed E-state index contributed by atoms with van der Waals surface area (Å²) in [5.41, 5.74) is 0.866. The summed E-state index contributed by atoms with van der Waals surface area (Å²) in [6, 6.07) is 9.53. The minimum Gasteiger partial charge on any atom is -0.392 e. The number of nitrogens with zero attached hydrogens (tertiary/aromatic N) is 2. The fourth-order valence-electron chi connectivity index (χ4n) is 1.94. The molecule has 1 aliphatic rings. The Hall–Kier alpha value is -1.39. The van der Waals surface area contributed by atoms with Crippen molar-refractivity contribution in [3.05, 3.63) is 30.3 Å². The smallest absolute Gasteiger partial charge is 0.242 e. The molecule has 0 saturated carbocycles. The molecular formula is C12H16N2O2. The van der Waals surface area contributed by atoms with Gasteiger partial charge >= 0.3 is 0 Å². The fraction of sp³-hybridized carbons (Fsp3) is 0.417. The first-order valence-electron chi connectivity index (χ1n) is 5.49. The van der Waals surface area contributed by atoms with Crippen molar-refractivity contribution in [2.75, 3.05) is 18.1 Å². The van der Waals surface area contributed by atoms with Gasteiger partial charge in [-0.05, 0) is 19.1 Å². The molecule has 0 spiro atoms. The molecule has 1 amide bonds. The van der Waals surface area contributed by atoms with Crippen molar-refractivity contribution in [2.45, 2.75) is 19.4 Å². The highest BCUT2D eigenvalue weighted by Gasteiger charge is 2.30. The molecule has 1 aliphatic heterocycles. The number of aliphatic hydroxyl groups is 1. The van der Waals surface area contributed by atoms with Crippen LogP contribution in [0.15, 0.2) is 30.3 Å². The van der Waals surface area contributed by atoms with Gasteiger partial charge in [0.05, 0.1) is 11.8 Å². The van der Waals surface area contributed by atoms with Crippen LogP contribution >= 0.6 is 0 Å². The standard InChI is InChI=1S/C12H16N2O2/c1-10(15)9-13-8-7-12(16)14(13)11-5-3-2-4-6-11/h2-6,10,15H,7-9H2,1H3. The van der Waals surface area contributed by atoms with Gasteiger partial charge in [-0.25, -0.2) is 10.0 Å². The van der Waals surface area contributed by atoms with E-state index in [1.54, 1.807) is 11.9 Å². The van der Waals surface area contributed by atoms with Crippen LogP contribution in [-0.4, -0.2) is 35.2 Å². The van der Waals surface area contributed by atoms with Crippen molar-refractivity contribution in [3.63, 3.8) is 0 Å². The van der Waals surface area contributed by atoms with Crippen LogP contribution in [0.25, 0.3) is 0 Å². The third kappa shape index (κ3) is 2.23. The third-order valence-corrected chi connectivity index (χ3v) is 2.58. The largest absolute Gasteiger partial charge is 0.392 e. The number of amides is 1. The highest BCUT2D eigenvalue weighted by atomic mass is 16.3. The lowest BCUT2D eigenvalue weighted by atomic mass is 10.3. The zero-order valence-corrected chi connectivity index (χ0v) is 9.34. The molecule has 4 nitrogen and oxygen atoms in total. The normalized spacial score (nSPS) is 19.1. The Morgan fingerprint density at radius 2 is 2.06 bits per heavy atom. The molecule has 86 valence electrons. The minimum absolute atomic E-state index is 0.0897. The average Bonchev–Trinajstić information content (AvgIpc) is 2.60. The van der Waals surface area contributed by atoms with Crippen molar-refractivity contribution >= 4 is 11.6 Å². The number of hydrazine groups is 1. The second-order valence-corrected chi connectivity index (χ2v) is 4.05. The number of aliphatic hydroxyl groups excluding tert-OH is 1. The first-order valence-corrected chi connectivity index (χ1v) is 5.49. The highest BCUT2D eigenvalue weighted by Crippen LogP contribution is 2.22. The van der Waals surface area contributed by atoms with Crippen LogP contribution in [0, 0.1) is 0 Å². The lowest BCUT2D eigenvalue weighted by Gasteiger charge is -2.28. The Balaban J connectivity index is 2.19. The third-order valence-electron chi connectivity index (χ3n) is 2.58. The molecule has 0 aromatic heterocycles. The van der Waals surface area contributed by atoms with Crippen LogP contribution in [0.1, 0.15) is 13.3 Å². The van der Waals surface area contributed by atoms with Gasteiger partial charge in [0.1, 0.15) is 0 Å². The number of para-hydroxylation sites is 1. The van der Waals surface area contributed by atoms with Gasteiger partial charge in [-0.1, -0.05) is 18.2 Å². The second-order valence-electron chi connectivity index (χ2n) is 4.05. The van der Waals surface area contributed by atoms with E-state index in [1.807, 2.05) is 35.3 Å². The lowest BCUT2D eigenvalue weighted by Crippen LogP contribution is -2.42. The maximum absolute atomic E-state index is 11.8. The number of rotatable bonds is 3. The quantitative estimate of drug-likeness (QED) is 0.827. The molecule has 1 N–H and O–H groups in total.